The molecule has 1 rings (SSSR count). The van der Waals surface area contributed by atoms with E-state index in [-0.39, 0.29) is 23.2 Å². The van der Waals surface area contributed by atoms with E-state index in [1.165, 1.54) is 0 Å². The van der Waals surface area contributed by atoms with Crippen molar-refractivity contribution in [2.75, 3.05) is 11.9 Å². The lowest BCUT2D eigenvalue weighted by Crippen LogP contribution is -2.05. The van der Waals surface area contributed by atoms with Crippen molar-refractivity contribution < 1.29 is 15.0 Å². The number of nitrogens with one attached hydrogen (secondary N) is 1. The summed E-state index contributed by atoms with van der Waals surface area (Å²) in [6.45, 7) is -0.416. The smallest absolute Gasteiger partial charge is 0.281 e. The Morgan fingerprint density at radius 3 is 2.36 bits per heavy atom. The van der Waals surface area contributed by atoms with Crippen LogP contribution in [-0.2, 0) is 6.42 Å². The maximum Gasteiger partial charge on any atom is 0.281 e. The zero-order valence-electron chi connectivity index (χ0n) is 11.0. The molecule has 0 radical (unpaired) electrons. The van der Waals surface area contributed by atoms with Gasteiger partial charge in [-0.15, -0.1) is 0 Å². The van der Waals surface area contributed by atoms with Crippen LogP contribution in [0.4, 0.5) is 17.1 Å². The second kappa shape index (κ2) is 7.33. The minimum absolute atomic E-state index is 0.0297. The van der Waals surface area contributed by atoms with E-state index in [1.807, 2.05) is 0 Å². The highest BCUT2D eigenvalue weighted by molar-refractivity contribution is 5.67. The van der Waals surface area contributed by atoms with Gasteiger partial charge in [0.05, 0.1) is 27.2 Å². The number of nitrogens with zero attached hydrogens (tertiary/aromatic N) is 4. The number of nitriles is 2. The Balaban J connectivity index is 3.48. The monoisotopic (exact) mass is 303 g/mol. The van der Waals surface area contributed by atoms with Crippen molar-refractivity contribution in [2.24, 2.45) is 0 Å². The van der Waals surface area contributed by atoms with Crippen LogP contribution in [0.1, 0.15) is 5.56 Å². The molecule has 0 atom stereocenters. The van der Waals surface area contributed by atoms with Crippen molar-refractivity contribution in [3.05, 3.63) is 49.7 Å². The Bertz CT molecular complexity index is 713. The maximum atomic E-state index is 11.0. The summed E-state index contributed by atoms with van der Waals surface area (Å²) in [6, 6.07) is 4.95. The van der Waals surface area contributed by atoms with Gasteiger partial charge in [-0.05, 0) is 0 Å². The van der Waals surface area contributed by atoms with Crippen molar-refractivity contribution in [3.8, 4) is 12.1 Å². The largest absolute Gasteiger partial charge is 0.396 e. The van der Waals surface area contributed by atoms with E-state index >= 15 is 0 Å². The lowest BCUT2D eigenvalue weighted by molar-refractivity contribution is -0.394. The molecule has 0 heterocycles. The van der Waals surface area contributed by atoms with Crippen molar-refractivity contribution in [1.29, 1.82) is 10.5 Å². The van der Waals surface area contributed by atoms with Crippen LogP contribution in [0.3, 0.4) is 0 Å². The molecule has 0 saturated heterocycles. The second-order valence-corrected chi connectivity index (χ2v) is 3.90. The van der Waals surface area contributed by atoms with Crippen LogP contribution >= 0.6 is 0 Å². The van der Waals surface area contributed by atoms with Crippen LogP contribution < -0.4 is 5.32 Å². The van der Waals surface area contributed by atoms with Gasteiger partial charge in [-0.25, -0.2) is 0 Å². The molecule has 0 saturated carbocycles. The molecule has 0 bridgehead atoms. The Kier molecular flexibility index (Phi) is 5.51. The molecule has 10 nitrogen and oxygen atoms in total. The number of non-ortho nitro benzene ring substituents is 1. The van der Waals surface area contributed by atoms with E-state index in [9.17, 15) is 20.2 Å². The molecular weight excluding hydrogens is 294 g/mol. The highest BCUT2D eigenvalue weighted by atomic mass is 16.6. The predicted molar refractivity (Wildman–Crippen MR) is 73.5 cm³/mol. The average Bonchev–Trinajstić information content (AvgIpc) is 2.49. The highest BCUT2D eigenvalue weighted by Gasteiger charge is 2.23. The van der Waals surface area contributed by atoms with E-state index in [2.05, 4.69) is 5.32 Å². The van der Waals surface area contributed by atoms with Crippen molar-refractivity contribution in [2.45, 2.75) is 6.42 Å². The molecule has 22 heavy (non-hydrogen) atoms. The second-order valence-electron chi connectivity index (χ2n) is 3.90. The lowest BCUT2D eigenvalue weighted by Gasteiger charge is -2.09. The lowest BCUT2D eigenvalue weighted by atomic mass is 10.1. The van der Waals surface area contributed by atoms with E-state index < -0.39 is 27.8 Å². The van der Waals surface area contributed by atoms with E-state index in [4.69, 9.17) is 15.6 Å². The Morgan fingerprint density at radius 2 is 1.91 bits per heavy atom. The minimum Gasteiger partial charge on any atom is -0.396 e. The third kappa shape index (κ3) is 3.75. The van der Waals surface area contributed by atoms with Crippen LogP contribution in [0.25, 0.3) is 0 Å². The maximum absolute atomic E-state index is 11.0. The number of rotatable bonds is 6. The van der Waals surface area contributed by atoms with E-state index in [0.717, 1.165) is 18.3 Å². The number of anilines is 1. The highest BCUT2D eigenvalue weighted by Crippen LogP contribution is 2.32. The third-order valence-electron chi connectivity index (χ3n) is 2.59. The van der Waals surface area contributed by atoms with E-state index in [0.29, 0.717) is 0 Å². The van der Waals surface area contributed by atoms with Crippen LogP contribution in [-0.4, -0.2) is 21.6 Å². The molecule has 0 fully saturated rings. The number of nitro benzene ring substituents is 2. The molecule has 0 spiro atoms. The number of benzene rings is 1. The molecule has 0 aliphatic rings. The Morgan fingerprint density at radius 1 is 1.27 bits per heavy atom. The van der Waals surface area contributed by atoms with Crippen molar-refractivity contribution in [1.82, 2.24) is 0 Å². The van der Waals surface area contributed by atoms with Crippen LogP contribution in [0, 0.1) is 42.9 Å². The van der Waals surface area contributed by atoms with Crippen LogP contribution in [0.5, 0.6) is 0 Å². The van der Waals surface area contributed by atoms with Gasteiger partial charge in [0, 0.05) is 25.3 Å². The Hall–Kier alpha value is -3.50. The zero-order chi connectivity index (χ0) is 16.7. The number of aliphatic hydroxyl groups is 1. The fourth-order valence-corrected chi connectivity index (χ4v) is 1.65. The summed E-state index contributed by atoms with van der Waals surface area (Å²) in [5.74, 6) is 0. The summed E-state index contributed by atoms with van der Waals surface area (Å²) >= 11 is 0. The summed E-state index contributed by atoms with van der Waals surface area (Å²) in [4.78, 5) is 20.3. The van der Waals surface area contributed by atoms with Gasteiger partial charge in [0.2, 0.25) is 0 Å². The zero-order valence-corrected chi connectivity index (χ0v) is 11.0. The standard InChI is InChI=1S/C12H9N5O5/c13-5-8(6-14)7-15-11-3-9(16(19)20)4-12(17(21)22)10(11)1-2-18/h3-4,7,15,18H,1-2H2. The van der Waals surface area contributed by atoms with Crippen LogP contribution in [0.2, 0.25) is 0 Å². The molecule has 112 valence electrons. The van der Waals surface area contributed by atoms with Gasteiger partial charge in [-0.2, -0.15) is 10.5 Å². The number of nitro groups is 2. The number of hydrogen-bond donors (Lipinski definition) is 2. The SMILES string of the molecule is N#CC(C#N)=CNc1cc([N+](=O)[O-])cc([N+](=O)[O-])c1CCO. The fourth-order valence-electron chi connectivity index (χ4n) is 1.65. The summed E-state index contributed by atoms with van der Waals surface area (Å²) < 4.78 is 0. The molecule has 0 unspecified atom stereocenters. The summed E-state index contributed by atoms with van der Waals surface area (Å²) in [5.41, 5.74) is -1.37. The topological polar surface area (TPSA) is 166 Å². The molecule has 0 aliphatic heterocycles. The van der Waals surface area contributed by atoms with Gasteiger partial charge in [0.1, 0.15) is 17.7 Å². The first-order chi connectivity index (χ1) is 10.4. The van der Waals surface area contributed by atoms with E-state index in [1.54, 1.807) is 12.1 Å². The fraction of sp³-hybridized carbons (Fsp3) is 0.167. The minimum atomic E-state index is -0.805. The normalized spacial score (nSPS) is 9.23. The molecular formula is C12H9N5O5. The van der Waals surface area contributed by atoms with Gasteiger partial charge in [0.25, 0.3) is 11.4 Å². The summed E-state index contributed by atoms with van der Waals surface area (Å²) in [5, 5.41) is 50.6. The van der Waals surface area contributed by atoms with Crippen molar-refractivity contribution in [3.63, 3.8) is 0 Å². The number of allylic oxidation sites excluding steroid dienone is 1. The molecule has 2 N–H and O–H groups in total. The van der Waals surface area contributed by atoms with Gasteiger partial charge >= 0.3 is 0 Å². The first-order valence-electron chi connectivity index (χ1n) is 5.78. The molecule has 0 aliphatic carbocycles. The summed E-state index contributed by atoms with van der Waals surface area (Å²) in [7, 11) is 0. The Labute approximate surface area is 123 Å². The summed E-state index contributed by atoms with van der Waals surface area (Å²) in [6.07, 6.45) is 0.850. The molecule has 0 aromatic heterocycles. The predicted octanol–water partition coefficient (Wildman–Crippen LogP) is 1.38. The van der Waals surface area contributed by atoms with Gasteiger partial charge in [0.15, 0.2) is 0 Å². The first kappa shape index (κ1) is 16.6. The van der Waals surface area contributed by atoms with Gasteiger partial charge in [-0.3, -0.25) is 20.2 Å². The van der Waals surface area contributed by atoms with Gasteiger partial charge < -0.3 is 10.4 Å². The number of aliphatic hydroxyl groups excluding tert-OH is 1. The molecule has 1 aromatic carbocycles. The van der Waals surface area contributed by atoms with Crippen LogP contribution in [0.15, 0.2) is 23.9 Å². The molecule has 10 heteroatoms. The number of hydrogen-bond acceptors (Lipinski definition) is 8. The average molecular weight is 303 g/mol. The molecule has 0 amide bonds. The third-order valence-corrected chi connectivity index (χ3v) is 2.59. The quantitative estimate of drug-likeness (QED) is 0.451. The first-order valence-corrected chi connectivity index (χ1v) is 5.78. The molecule has 1 aromatic rings. The van der Waals surface area contributed by atoms with Crippen molar-refractivity contribution >= 4 is 17.1 Å². The van der Waals surface area contributed by atoms with Gasteiger partial charge in [-0.1, -0.05) is 0 Å².